The molecule has 0 radical (unpaired) electrons. The van der Waals surface area contributed by atoms with E-state index >= 15 is 0 Å². The fourth-order valence-corrected chi connectivity index (χ4v) is 3.46. The Balaban J connectivity index is 2.37. The molecule has 2 rings (SSSR count). The van der Waals surface area contributed by atoms with Gasteiger partial charge in [-0.2, -0.15) is 0 Å². The Hall–Kier alpha value is -0.650. The number of hydrogen-bond acceptors (Lipinski definition) is 3. The minimum atomic E-state index is 0.956. The summed E-state index contributed by atoms with van der Waals surface area (Å²) >= 11 is 5.25. The van der Waals surface area contributed by atoms with Gasteiger partial charge in [-0.3, -0.25) is 0 Å². The monoisotopic (exact) mass is 313 g/mol. The molecular formula is C12H16BrN3S. The van der Waals surface area contributed by atoms with E-state index in [-0.39, 0.29) is 0 Å². The minimum Gasteiger partial charge on any atom is -0.330 e. The first-order valence-corrected chi connectivity index (χ1v) is 7.17. The van der Waals surface area contributed by atoms with Crippen LogP contribution in [0.4, 0.5) is 0 Å². The normalized spacial score (nSPS) is 11.1. The second kappa shape index (κ2) is 5.33. The highest BCUT2D eigenvalue weighted by Gasteiger charge is 2.14. The van der Waals surface area contributed by atoms with Gasteiger partial charge in [0.25, 0.3) is 0 Å². The average Bonchev–Trinajstić information content (AvgIpc) is 2.81. The van der Waals surface area contributed by atoms with Crippen molar-refractivity contribution in [1.82, 2.24) is 14.9 Å². The lowest BCUT2D eigenvalue weighted by atomic mass is 10.3. The van der Waals surface area contributed by atoms with Crippen LogP contribution in [0.2, 0.25) is 0 Å². The van der Waals surface area contributed by atoms with Gasteiger partial charge < -0.3 is 9.88 Å². The van der Waals surface area contributed by atoms with E-state index in [2.05, 4.69) is 56.9 Å². The topological polar surface area (TPSA) is 29.9 Å². The van der Waals surface area contributed by atoms with Crippen molar-refractivity contribution in [2.45, 2.75) is 13.3 Å². The van der Waals surface area contributed by atoms with Gasteiger partial charge in [0, 0.05) is 20.0 Å². The average molecular weight is 314 g/mol. The van der Waals surface area contributed by atoms with Gasteiger partial charge in [-0.15, -0.1) is 11.3 Å². The third-order valence-corrected chi connectivity index (χ3v) is 4.40. The van der Waals surface area contributed by atoms with E-state index in [1.54, 1.807) is 11.3 Å². The molecule has 0 atom stereocenters. The summed E-state index contributed by atoms with van der Waals surface area (Å²) in [6.07, 6.45) is 0.959. The molecule has 0 aliphatic rings. The molecule has 5 heteroatoms. The second-order valence-corrected chi connectivity index (χ2v) is 6.44. The molecule has 0 bridgehead atoms. The van der Waals surface area contributed by atoms with E-state index in [9.17, 15) is 0 Å². The molecule has 2 heterocycles. The fourth-order valence-electron chi connectivity index (χ4n) is 1.94. The zero-order valence-corrected chi connectivity index (χ0v) is 12.7. The Morgan fingerprint density at radius 2 is 2.24 bits per heavy atom. The number of imidazole rings is 1. The summed E-state index contributed by atoms with van der Waals surface area (Å²) in [4.78, 5) is 5.91. The Bertz CT molecular complexity index is 516. The molecule has 2 aromatic heterocycles. The van der Waals surface area contributed by atoms with E-state index in [0.717, 1.165) is 28.3 Å². The van der Waals surface area contributed by atoms with Crippen molar-refractivity contribution < 1.29 is 0 Å². The van der Waals surface area contributed by atoms with Crippen LogP contribution in [0.15, 0.2) is 15.9 Å². The SMILES string of the molecule is CNCCc1nc(C)c(-c2ccc(Br)s2)n1C. The standard InChI is InChI=1S/C12H16BrN3S/c1-8-12(9-4-5-10(13)17-9)16(3)11(15-8)6-7-14-2/h4-5,14H,6-7H2,1-3H3. The van der Waals surface area contributed by atoms with Crippen LogP contribution in [0.5, 0.6) is 0 Å². The molecule has 92 valence electrons. The summed E-state index contributed by atoms with van der Waals surface area (Å²) < 4.78 is 3.36. The van der Waals surface area contributed by atoms with E-state index in [1.807, 2.05) is 7.05 Å². The maximum Gasteiger partial charge on any atom is 0.110 e. The molecule has 2 aromatic rings. The molecule has 0 aliphatic carbocycles. The maximum absolute atomic E-state index is 4.65. The first kappa shape index (κ1) is 12.8. The van der Waals surface area contributed by atoms with Crippen LogP contribution in [-0.4, -0.2) is 23.1 Å². The summed E-state index contributed by atoms with van der Waals surface area (Å²) in [6.45, 7) is 3.03. The predicted molar refractivity (Wildman–Crippen MR) is 76.6 cm³/mol. The van der Waals surface area contributed by atoms with Crippen LogP contribution in [0.25, 0.3) is 10.6 Å². The van der Waals surface area contributed by atoms with Gasteiger partial charge in [0.15, 0.2) is 0 Å². The molecule has 0 aliphatic heterocycles. The van der Waals surface area contributed by atoms with E-state index in [0.29, 0.717) is 0 Å². The van der Waals surface area contributed by atoms with E-state index in [1.165, 1.54) is 10.6 Å². The van der Waals surface area contributed by atoms with Crippen LogP contribution in [0.1, 0.15) is 11.5 Å². The van der Waals surface area contributed by atoms with Crippen LogP contribution in [-0.2, 0) is 13.5 Å². The fraction of sp³-hybridized carbons (Fsp3) is 0.417. The molecule has 17 heavy (non-hydrogen) atoms. The number of hydrogen-bond donors (Lipinski definition) is 1. The first-order valence-electron chi connectivity index (χ1n) is 5.56. The van der Waals surface area contributed by atoms with Crippen molar-refractivity contribution in [1.29, 1.82) is 0 Å². The van der Waals surface area contributed by atoms with Gasteiger partial charge in [-0.1, -0.05) is 0 Å². The summed E-state index contributed by atoms with van der Waals surface area (Å²) in [6, 6.07) is 4.22. The van der Waals surface area contributed by atoms with Crippen molar-refractivity contribution in [3.63, 3.8) is 0 Å². The molecule has 0 unspecified atom stereocenters. The summed E-state index contributed by atoms with van der Waals surface area (Å²) in [5, 5.41) is 3.16. The van der Waals surface area contributed by atoms with Crippen molar-refractivity contribution in [3.8, 4) is 10.6 Å². The number of aromatic nitrogens is 2. The predicted octanol–water partition coefficient (Wildman–Crippen LogP) is 2.98. The maximum atomic E-state index is 4.65. The van der Waals surface area contributed by atoms with Gasteiger partial charge in [0.05, 0.1) is 20.1 Å². The Kier molecular flexibility index (Phi) is 4.01. The highest BCUT2D eigenvalue weighted by molar-refractivity contribution is 9.11. The summed E-state index contributed by atoms with van der Waals surface area (Å²) in [5.41, 5.74) is 2.33. The quantitative estimate of drug-likeness (QED) is 0.940. The third kappa shape index (κ3) is 2.61. The van der Waals surface area contributed by atoms with Crippen molar-refractivity contribution >= 4 is 27.3 Å². The molecular weight excluding hydrogens is 298 g/mol. The zero-order valence-electron chi connectivity index (χ0n) is 10.2. The lowest BCUT2D eigenvalue weighted by molar-refractivity contribution is 0.720. The molecule has 0 saturated heterocycles. The smallest absolute Gasteiger partial charge is 0.110 e. The van der Waals surface area contributed by atoms with Gasteiger partial charge in [-0.05, 0) is 42.0 Å². The van der Waals surface area contributed by atoms with Crippen LogP contribution < -0.4 is 5.32 Å². The number of rotatable bonds is 4. The number of aryl methyl sites for hydroxylation is 1. The molecule has 0 fully saturated rings. The largest absolute Gasteiger partial charge is 0.330 e. The third-order valence-electron chi connectivity index (χ3n) is 2.77. The second-order valence-electron chi connectivity index (χ2n) is 3.98. The van der Waals surface area contributed by atoms with Gasteiger partial charge in [0.1, 0.15) is 5.82 Å². The summed E-state index contributed by atoms with van der Waals surface area (Å²) in [7, 11) is 4.06. The molecule has 3 nitrogen and oxygen atoms in total. The first-order chi connectivity index (χ1) is 8.13. The van der Waals surface area contributed by atoms with Crippen LogP contribution in [0.3, 0.4) is 0 Å². The van der Waals surface area contributed by atoms with Crippen molar-refractivity contribution in [2.75, 3.05) is 13.6 Å². The highest BCUT2D eigenvalue weighted by Crippen LogP contribution is 2.33. The Morgan fingerprint density at radius 1 is 1.47 bits per heavy atom. The van der Waals surface area contributed by atoms with Crippen LogP contribution in [0, 0.1) is 6.92 Å². The van der Waals surface area contributed by atoms with Gasteiger partial charge in [0.2, 0.25) is 0 Å². The number of halogens is 1. The van der Waals surface area contributed by atoms with Crippen molar-refractivity contribution in [3.05, 3.63) is 27.4 Å². The zero-order chi connectivity index (χ0) is 12.4. The number of nitrogens with zero attached hydrogens (tertiary/aromatic N) is 2. The Morgan fingerprint density at radius 3 is 2.82 bits per heavy atom. The highest BCUT2D eigenvalue weighted by atomic mass is 79.9. The van der Waals surface area contributed by atoms with Gasteiger partial charge >= 0.3 is 0 Å². The van der Waals surface area contributed by atoms with Gasteiger partial charge in [-0.25, -0.2) is 4.98 Å². The molecule has 0 amide bonds. The van der Waals surface area contributed by atoms with Crippen LogP contribution >= 0.6 is 27.3 Å². The number of likely N-dealkylation sites (N-methyl/N-ethyl adjacent to an activating group) is 1. The Labute approximate surface area is 114 Å². The molecule has 0 aromatic carbocycles. The summed E-state index contributed by atoms with van der Waals surface area (Å²) in [5.74, 6) is 1.14. The van der Waals surface area contributed by atoms with Crippen molar-refractivity contribution in [2.24, 2.45) is 7.05 Å². The van der Waals surface area contributed by atoms with E-state index in [4.69, 9.17) is 0 Å². The van der Waals surface area contributed by atoms with E-state index < -0.39 is 0 Å². The lowest BCUT2D eigenvalue weighted by Gasteiger charge is -2.04. The lowest BCUT2D eigenvalue weighted by Crippen LogP contribution is -2.13. The number of nitrogens with one attached hydrogen (secondary N) is 1. The molecule has 0 saturated carbocycles. The number of thiophene rings is 1. The minimum absolute atomic E-state index is 0.956. The molecule has 1 N–H and O–H groups in total. The molecule has 0 spiro atoms.